The summed E-state index contributed by atoms with van der Waals surface area (Å²) in [6.07, 6.45) is 0.939. The summed E-state index contributed by atoms with van der Waals surface area (Å²) in [6, 6.07) is 7.03. The minimum atomic E-state index is -0.367. The first-order valence-corrected chi connectivity index (χ1v) is 8.57. The van der Waals surface area contributed by atoms with Crippen molar-refractivity contribution < 1.29 is 14.3 Å². The van der Waals surface area contributed by atoms with Gasteiger partial charge in [0.05, 0.1) is 12.2 Å². The fourth-order valence-corrected chi connectivity index (χ4v) is 1.96. The van der Waals surface area contributed by atoms with Crippen LogP contribution < -0.4 is 15.0 Å². The van der Waals surface area contributed by atoms with Gasteiger partial charge in [-0.25, -0.2) is 4.79 Å². The van der Waals surface area contributed by atoms with Gasteiger partial charge in [0.1, 0.15) is 5.75 Å². The van der Waals surface area contributed by atoms with Crippen molar-refractivity contribution in [3.05, 3.63) is 29.8 Å². The SMILES string of the molecule is CCOC(=O)c1ccc(Oc2nc(N[C@H](C)CC)nc(N(C)C)n2)cc1. The molecule has 26 heavy (non-hydrogen) atoms. The number of carbonyl (C=O) groups excluding carboxylic acids is 1. The van der Waals surface area contributed by atoms with E-state index in [1.807, 2.05) is 21.0 Å². The van der Waals surface area contributed by atoms with Crippen LogP contribution in [0.5, 0.6) is 11.8 Å². The van der Waals surface area contributed by atoms with Crippen molar-refractivity contribution in [2.45, 2.75) is 33.2 Å². The Morgan fingerprint density at radius 1 is 1.15 bits per heavy atom. The number of hydrogen-bond donors (Lipinski definition) is 1. The Morgan fingerprint density at radius 2 is 1.85 bits per heavy atom. The Hall–Kier alpha value is -2.90. The van der Waals surface area contributed by atoms with E-state index in [9.17, 15) is 4.79 Å². The molecular weight excluding hydrogens is 334 g/mol. The minimum Gasteiger partial charge on any atom is -0.462 e. The van der Waals surface area contributed by atoms with Gasteiger partial charge in [-0.1, -0.05) is 6.92 Å². The highest BCUT2D eigenvalue weighted by Gasteiger charge is 2.12. The van der Waals surface area contributed by atoms with Gasteiger partial charge >= 0.3 is 12.0 Å². The molecule has 0 spiro atoms. The van der Waals surface area contributed by atoms with E-state index in [2.05, 4.69) is 27.2 Å². The molecule has 0 aliphatic heterocycles. The van der Waals surface area contributed by atoms with Gasteiger partial charge in [-0.05, 0) is 44.5 Å². The van der Waals surface area contributed by atoms with Gasteiger partial charge in [0.25, 0.3) is 0 Å². The fraction of sp³-hybridized carbons (Fsp3) is 0.444. The largest absolute Gasteiger partial charge is 0.462 e. The van der Waals surface area contributed by atoms with Crippen LogP contribution in [0, 0.1) is 0 Å². The van der Waals surface area contributed by atoms with Gasteiger partial charge in [0.15, 0.2) is 0 Å². The molecule has 2 rings (SSSR count). The summed E-state index contributed by atoms with van der Waals surface area (Å²) in [5.74, 6) is 1.10. The first-order valence-electron chi connectivity index (χ1n) is 8.57. The third kappa shape index (κ3) is 5.30. The zero-order chi connectivity index (χ0) is 19.1. The number of benzene rings is 1. The molecule has 0 radical (unpaired) electrons. The van der Waals surface area contributed by atoms with Crippen molar-refractivity contribution >= 4 is 17.9 Å². The van der Waals surface area contributed by atoms with Crippen LogP contribution in [0.3, 0.4) is 0 Å². The lowest BCUT2D eigenvalue weighted by Crippen LogP contribution is -2.19. The summed E-state index contributed by atoms with van der Waals surface area (Å²) >= 11 is 0. The number of esters is 1. The van der Waals surface area contributed by atoms with Crippen LogP contribution in [0.4, 0.5) is 11.9 Å². The molecule has 0 aliphatic carbocycles. The van der Waals surface area contributed by atoms with Crippen LogP contribution in [-0.2, 0) is 4.74 Å². The van der Waals surface area contributed by atoms with E-state index in [4.69, 9.17) is 9.47 Å². The highest BCUT2D eigenvalue weighted by Crippen LogP contribution is 2.21. The quantitative estimate of drug-likeness (QED) is 0.719. The van der Waals surface area contributed by atoms with Gasteiger partial charge in [0.2, 0.25) is 11.9 Å². The monoisotopic (exact) mass is 359 g/mol. The van der Waals surface area contributed by atoms with E-state index in [-0.39, 0.29) is 18.0 Å². The number of rotatable bonds is 8. The highest BCUT2D eigenvalue weighted by atomic mass is 16.5. The van der Waals surface area contributed by atoms with E-state index >= 15 is 0 Å². The average Bonchev–Trinajstić information content (AvgIpc) is 2.62. The lowest BCUT2D eigenvalue weighted by atomic mass is 10.2. The molecule has 0 saturated carbocycles. The number of aromatic nitrogens is 3. The number of hydrogen-bond acceptors (Lipinski definition) is 8. The second-order valence-electron chi connectivity index (χ2n) is 5.94. The van der Waals surface area contributed by atoms with Gasteiger partial charge in [-0.2, -0.15) is 15.0 Å². The molecule has 8 heteroatoms. The number of anilines is 2. The Bertz CT molecular complexity index is 734. The van der Waals surface area contributed by atoms with Crippen molar-refractivity contribution in [3.63, 3.8) is 0 Å². The smallest absolute Gasteiger partial charge is 0.338 e. The Labute approximate surface area is 153 Å². The maximum Gasteiger partial charge on any atom is 0.338 e. The van der Waals surface area contributed by atoms with Crippen LogP contribution in [0.1, 0.15) is 37.6 Å². The van der Waals surface area contributed by atoms with Crippen LogP contribution in [0.25, 0.3) is 0 Å². The first-order chi connectivity index (χ1) is 12.4. The maximum atomic E-state index is 11.7. The number of ether oxygens (including phenoxy) is 2. The standard InChI is InChI=1S/C18H25N5O3/c1-6-12(3)19-16-20-17(23(4)5)22-18(21-16)26-14-10-8-13(9-11-14)15(24)25-7-2/h8-12H,6-7H2,1-5H3,(H,19,20,21,22)/t12-/m1/s1. The minimum absolute atomic E-state index is 0.179. The average molecular weight is 359 g/mol. The predicted octanol–water partition coefficient (Wildman–Crippen LogP) is 3.12. The van der Waals surface area contributed by atoms with E-state index in [0.29, 0.717) is 29.8 Å². The summed E-state index contributed by atoms with van der Waals surface area (Å²) in [5, 5.41) is 3.22. The predicted molar refractivity (Wildman–Crippen MR) is 100 cm³/mol. The molecule has 0 unspecified atom stereocenters. The molecule has 140 valence electrons. The van der Waals surface area contributed by atoms with Gasteiger partial charge in [-0.15, -0.1) is 0 Å². The lowest BCUT2D eigenvalue weighted by molar-refractivity contribution is 0.0526. The van der Waals surface area contributed by atoms with E-state index in [0.717, 1.165) is 6.42 Å². The Morgan fingerprint density at radius 3 is 2.42 bits per heavy atom. The second-order valence-corrected chi connectivity index (χ2v) is 5.94. The van der Waals surface area contributed by atoms with Crippen molar-refractivity contribution in [2.24, 2.45) is 0 Å². The third-order valence-corrected chi connectivity index (χ3v) is 3.57. The zero-order valence-electron chi connectivity index (χ0n) is 15.8. The highest BCUT2D eigenvalue weighted by molar-refractivity contribution is 5.89. The van der Waals surface area contributed by atoms with Gasteiger partial charge in [-0.3, -0.25) is 0 Å². The van der Waals surface area contributed by atoms with Gasteiger partial charge < -0.3 is 19.7 Å². The van der Waals surface area contributed by atoms with E-state index in [1.54, 1.807) is 36.1 Å². The fourth-order valence-electron chi connectivity index (χ4n) is 1.96. The van der Waals surface area contributed by atoms with Gasteiger partial charge in [0, 0.05) is 20.1 Å². The summed E-state index contributed by atoms with van der Waals surface area (Å²) in [4.78, 5) is 26.5. The van der Waals surface area contributed by atoms with E-state index < -0.39 is 0 Å². The molecule has 1 N–H and O–H groups in total. The van der Waals surface area contributed by atoms with Crippen molar-refractivity contribution in [3.8, 4) is 11.8 Å². The molecule has 1 atom stereocenters. The summed E-state index contributed by atoms with van der Waals surface area (Å²) < 4.78 is 10.7. The molecule has 8 nitrogen and oxygen atoms in total. The molecule has 0 bridgehead atoms. The Kier molecular flexibility index (Phi) is 6.71. The zero-order valence-corrected chi connectivity index (χ0v) is 15.8. The molecule has 1 heterocycles. The van der Waals surface area contributed by atoms with Crippen LogP contribution in [0.2, 0.25) is 0 Å². The lowest BCUT2D eigenvalue weighted by Gasteiger charge is -2.16. The molecular formula is C18H25N5O3. The topological polar surface area (TPSA) is 89.5 Å². The van der Waals surface area contributed by atoms with E-state index in [1.165, 1.54) is 0 Å². The molecule has 0 saturated heterocycles. The maximum absolute atomic E-state index is 11.7. The van der Waals surface area contributed by atoms with Crippen LogP contribution >= 0.6 is 0 Å². The number of nitrogens with zero attached hydrogens (tertiary/aromatic N) is 4. The van der Waals surface area contributed by atoms with Crippen molar-refractivity contribution in [1.29, 1.82) is 0 Å². The molecule has 0 amide bonds. The van der Waals surface area contributed by atoms with Crippen molar-refractivity contribution in [2.75, 3.05) is 30.9 Å². The third-order valence-electron chi connectivity index (χ3n) is 3.57. The van der Waals surface area contributed by atoms with Crippen LogP contribution in [0.15, 0.2) is 24.3 Å². The summed E-state index contributed by atoms with van der Waals surface area (Å²) in [7, 11) is 3.69. The molecule has 2 aromatic rings. The normalized spacial score (nSPS) is 11.6. The molecule has 0 aliphatic rings. The molecule has 1 aromatic heterocycles. The molecule has 1 aromatic carbocycles. The number of carbonyl (C=O) groups is 1. The second kappa shape index (κ2) is 8.98. The Balaban J connectivity index is 2.20. The number of nitrogens with one attached hydrogen (secondary N) is 1. The first kappa shape index (κ1) is 19.4. The van der Waals surface area contributed by atoms with Crippen molar-refractivity contribution in [1.82, 2.24) is 15.0 Å². The van der Waals surface area contributed by atoms with Crippen LogP contribution in [-0.4, -0.2) is 47.7 Å². The summed E-state index contributed by atoms with van der Waals surface area (Å²) in [5.41, 5.74) is 0.461. The summed E-state index contributed by atoms with van der Waals surface area (Å²) in [6.45, 7) is 6.23. The molecule has 0 fully saturated rings.